The monoisotopic (exact) mass is 250 g/mol. The quantitative estimate of drug-likeness (QED) is 0.790. The summed E-state index contributed by atoms with van der Waals surface area (Å²) in [6.07, 6.45) is 0.784. The molecule has 0 spiro atoms. The van der Waals surface area contributed by atoms with Gasteiger partial charge in [-0.2, -0.15) is 0 Å². The van der Waals surface area contributed by atoms with Crippen LogP contribution in [0.1, 0.15) is 38.2 Å². The van der Waals surface area contributed by atoms with E-state index in [0.717, 1.165) is 11.3 Å². The Morgan fingerprint density at radius 1 is 1.35 bits per heavy atom. The first-order valence-corrected chi connectivity index (χ1v) is 6.08. The fourth-order valence-electron chi connectivity index (χ4n) is 1.56. The van der Waals surface area contributed by atoms with Gasteiger partial charge in [-0.25, -0.2) is 0 Å². The van der Waals surface area contributed by atoms with Crippen molar-refractivity contribution in [2.75, 3.05) is 5.32 Å². The third-order valence-electron chi connectivity index (χ3n) is 2.46. The number of nitrogens with two attached hydrogens (primary N) is 1. The van der Waals surface area contributed by atoms with Crippen molar-refractivity contribution < 1.29 is 4.79 Å². The number of anilines is 1. The predicted octanol–water partition coefficient (Wildman–Crippen LogP) is 2.81. The number of nitrogens with one attached hydrogen (secondary N) is 1. The Balaban J connectivity index is 2.68. The minimum absolute atomic E-state index is 0.0501. The lowest BCUT2D eigenvalue weighted by Gasteiger charge is -2.13. The summed E-state index contributed by atoms with van der Waals surface area (Å²) in [4.78, 5) is 12.0. The molecule has 0 atom stereocenters. The molecule has 0 bridgehead atoms. The average molecular weight is 250 g/mol. The number of amides is 1. The van der Waals surface area contributed by atoms with Crippen LogP contribution in [0.25, 0.3) is 0 Å². The van der Waals surface area contributed by atoms with Crippen LogP contribution in [-0.2, 0) is 4.79 Å². The lowest BCUT2D eigenvalue weighted by molar-refractivity contribution is -0.116. The van der Waals surface area contributed by atoms with Gasteiger partial charge in [-0.15, -0.1) is 0 Å². The van der Waals surface area contributed by atoms with E-state index in [0.29, 0.717) is 23.7 Å². The third-order valence-corrected chi connectivity index (χ3v) is 2.66. The molecule has 0 aliphatic carbocycles. The van der Waals surface area contributed by atoms with Crippen molar-refractivity contribution >= 4 is 28.8 Å². The molecule has 92 valence electrons. The van der Waals surface area contributed by atoms with E-state index in [2.05, 4.69) is 19.2 Å². The summed E-state index contributed by atoms with van der Waals surface area (Å²) in [5, 5.41) is 2.89. The van der Waals surface area contributed by atoms with Gasteiger partial charge in [-0.3, -0.25) is 4.79 Å². The molecule has 1 aromatic carbocycles. The highest BCUT2D eigenvalue weighted by molar-refractivity contribution is 7.80. The number of benzene rings is 1. The van der Waals surface area contributed by atoms with Crippen molar-refractivity contribution in [2.24, 2.45) is 5.73 Å². The molecule has 3 N–H and O–H groups in total. The van der Waals surface area contributed by atoms with Gasteiger partial charge in [0.05, 0.1) is 4.99 Å². The van der Waals surface area contributed by atoms with Crippen molar-refractivity contribution in [3.8, 4) is 0 Å². The average Bonchev–Trinajstić information content (AvgIpc) is 2.27. The minimum atomic E-state index is -0.0501. The van der Waals surface area contributed by atoms with Gasteiger partial charge in [0, 0.05) is 18.5 Å². The molecule has 0 aromatic heterocycles. The van der Waals surface area contributed by atoms with Gasteiger partial charge in [0.2, 0.25) is 5.91 Å². The Kier molecular flexibility index (Phi) is 5.10. The molecule has 1 rings (SSSR count). The number of thiocarbonyl (C=S) groups is 1. The first-order chi connectivity index (χ1) is 8.00. The van der Waals surface area contributed by atoms with Crippen LogP contribution in [0.15, 0.2) is 24.3 Å². The SMILES string of the molecule is CC(C)c1ccccc1NC(=O)CCC(N)=S. The highest BCUT2D eigenvalue weighted by Crippen LogP contribution is 2.23. The van der Waals surface area contributed by atoms with Crippen LogP contribution in [0.5, 0.6) is 0 Å². The van der Waals surface area contributed by atoms with Crippen LogP contribution in [0, 0.1) is 0 Å². The van der Waals surface area contributed by atoms with Gasteiger partial charge in [0.1, 0.15) is 0 Å². The third kappa shape index (κ3) is 4.53. The molecule has 1 amide bonds. The fraction of sp³-hybridized carbons (Fsp3) is 0.385. The van der Waals surface area contributed by atoms with E-state index in [1.165, 1.54) is 0 Å². The number of carbonyl (C=O) groups is 1. The standard InChI is InChI=1S/C13H18N2OS/c1-9(2)10-5-3-4-6-11(10)15-13(16)8-7-12(14)17/h3-6,9H,7-8H2,1-2H3,(H2,14,17)(H,15,16). The van der Waals surface area contributed by atoms with Crippen molar-refractivity contribution in [1.82, 2.24) is 0 Å². The van der Waals surface area contributed by atoms with E-state index in [-0.39, 0.29) is 5.91 Å². The number of para-hydroxylation sites is 1. The number of carbonyl (C=O) groups excluding carboxylic acids is 1. The molecule has 1 aromatic rings. The summed E-state index contributed by atoms with van der Waals surface area (Å²) in [5.41, 5.74) is 7.37. The fourth-order valence-corrected chi connectivity index (χ4v) is 1.67. The van der Waals surface area contributed by atoms with Gasteiger partial charge in [0.15, 0.2) is 0 Å². The minimum Gasteiger partial charge on any atom is -0.393 e. The zero-order chi connectivity index (χ0) is 12.8. The second kappa shape index (κ2) is 6.35. The van der Waals surface area contributed by atoms with Crippen molar-refractivity contribution in [1.29, 1.82) is 0 Å². The molecule has 17 heavy (non-hydrogen) atoms. The van der Waals surface area contributed by atoms with E-state index < -0.39 is 0 Å². The molecule has 0 aliphatic rings. The number of rotatable bonds is 5. The Morgan fingerprint density at radius 3 is 2.59 bits per heavy atom. The van der Waals surface area contributed by atoms with Crippen LogP contribution in [-0.4, -0.2) is 10.9 Å². The van der Waals surface area contributed by atoms with Gasteiger partial charge in [0.25, 0.3) is 0 Å². The Labute approximate surface area is 107 Å². The smallest absolute Gasteiger partial charge is 0.224 e. The van der Waals surface area contributed by atoms with E-state index >= 15 is 0 Å². The molecule has 0 heterocycles. The summed E-state index contributed by atoms with van der Waals surface area (Å²) < 4.78 is 0. The van der Waals surface area contributed by atoms with Crippen LogP contribution < -0.4 is 11.1 Å². The normalized spacial score (nSPS) is 10.3. The van der Waals surface area contributed by atoms with Crippen molar-refractivity contribution in [3.63, 3.8) is 0 Å². The largest absolute Gasteiger partial charge is 0.393 e. The first-order valence-electron chi connectivity index (χ1n) is 5.67. The second-order valence-corrected chi connectivity index (χ2v) is 4.78. The molecular formula is C13H18N2OS. The number of hydrogen-bond acceptors (Lipinski definition) is 2. The van der Waals surface area contributed by atoms with Gasteiger partial charge in [-0.05, 0) is 17.5 Å². The molecular weight excluding hydrogens is 232 g/mol. The van der Waals surface area contributed by atoms with Crippen molar-refractivity contribution in [3.05, 3.63) is 29.8 Å². The van der Waals surface area contributed by atoms with Crippen molar-refractivity contribution in [2.45, 2.75) is 32.6 Å². The molecule has 0 unspecified atom stereocenters. The zero-order valence-electron chi connectivity index (χ0n) is 10.2. The summed E-state index contributed by atoms with van der Waals surface area (Å²) in [6, 6.07) is 7.82. The summed E-state index contributed by atoms with van der Waals surface area (Å²) in [7, 11) is 0. The molecule has 0 saturated carbocycles. The zero-order valence-corrected chi connectivity index (χ0v) is 11.0. The Bertz CT molecular complexity index is 416. The Morgan fingerprint density at radius 2 is 2.00 bits per heavy atom. The molecule has 0 aliphatic heterocycles. The molecule has 0 saturated heterocycles. The van der Waals surface area contributed by atoms with Crippen LogP contribution in [0.4, 0.5) is 5.69 Å². The maximum absolute atomic E-state index is 11.7. The maximum Gasteiger partial charge on any atom is 0.224 e. The summed E-state index contributed by atoms with van der Waals surface area (Å²) in [5.74, 6) is 0.327. The van der Waals surface area contributed by atoms with Gasteiger partial charge in [-0.1, -0.05) is 44.3 Å². The first kappa shape index (κ1) is 13.6. The van der Waals surface area contributed by atoms with Gasteiger partial charge >= 0.3 is 0 Å². The summed E-state index contributed by atoms with van der Waals surface area (Å²) in [6.45, 7) is 4.19. The lowest BCUT2D eigenvalue weighted by Crippen LogP contribution is -2.16. The molecule has 0 radical (unpaired) electrons. The van der Waals surface area contributed by atoms with Crippen LogP contribution >= 0.6 is 12.2 Å². The van der Waals surface area contributed by atoms with E-state index in [1.807, 2.05) is 24.3 Å². The Hall–Kier alpha value is -1.42. The maximum atomic E-state index is 11.7. The lowest BCUT2D eigenvalue weighted by atomic mass is 10.0. The number of hydrogen-bond donors (Lipinski definition) is 2. The van der Waals surface area contributed by atoms with E-state index in [1.54, 1.807) is 0 Å². The molecule has 3 nitrogen and oxygen atoms in total. The van der Waals surface area contributed by atoms with E-state index in [9.17, 15) is 4.79 Å². The van der Waals surface area contributed by atoms with Gasteiger partial charge < -0.3 is 11.1 Å². The topological polar surface area (TPSA) is 55.1 Å². The predicted molar refractivity (Wildman–Crippen MR) is 75.2 cm³/mol. The molecule has 0 fully saturated rings. The molecule has 4 heteroatoms. The van der Waals surface area contributed by atoms with Crippen LogP contribution in [0.2, 0.25) is 0 Å². The van der Waals surface area contributed by atoms with E-state index in [4.69, 9.17) is 18.0 Å². The second-order valence-electron chi connectivity index (χ2n) is 4.26. The highest BCUT2D eigenvalue weighted by Gasteiger charge is 2.08. The van der Waals surface area contributed by atoms with Crippen LogP contribution in [0.3, 0.4) is 0 Å². The highest BCUT2D eigenvalue weighted by atomic mass is 32.1. The summed E-state index contributed by atoms with van der Waals surface area (Å²) >= 11 is 4.74.